The van der Waals surface area contributed by atoms with Crippen LogP contribution < -0.4 is 0 Å². The van der Waals surface area contributed by atoms with E-state index >= 15 is 0 Å². The Morgan fingerprint density at radius 1 is 0.0917 bits per heavy atom. The van der Waals surface area contributed by atoms with Crippen molar-refractivity contribution in [2.24, 2.45) is 0 Å². The summed E-state index contributed by atoms with van der Waals surface area (Å²) < 4.78 is 309. The molecule has 0 aromatic heterocycles. The lowest BCUT2D eigenvalue weighted by Gasteiger charge is -2.28. The van der Waals surface area contributed by atoms with E-state index in [0.29, 0.717) is 11.1 Å². The molecule has 0 aliphatic rings. The number of hydrogen-bond donors (Lipinski definition) is 0. The summed E-state index contributed by atoms with van der Waals surface area (Å²) in [4.78, 5) is 0. The maximum absolute atomic E-state index is 13.7. The first-order valence-electron chi connectivity index (χ1n) is 38.8. The fourth-order valence-corrected chi connectivity index (χ4v) is 14.6. The first kappa shape index (κ1) is 110. The molecule has 0 unspecified atom stereocenters. The maximum Gasteiger partial charge on any atom is 0.165 e. The summed E-state index contributed by atoms with van der Waals surface area (Å²) in [6.45, 7) is 69.1. The van der Waals surface area contributed by atoms with Crippen molar-refractivity contribution in [2.45, 2.75) is 327 Å². The lowest BCUT2D eigenvalue weighted by atomic mass is 9.77. The third-order valence-electron chi connectivity index (χ3n) is 20.8. The molecule has 0 radical (unpaired) electrons. The van der Waals surface area contributed by atoms with E-state index in [1.807, 2.05) is 20.8 Å². The Hall–Kier alpha value is -7.85. The van der Waals surface area contributed by atoms with Crippen LogP contribution >= 0.6 is 0 Å². The second kappa shape index (κ2) is 39.8. The van der Waals surface area contributed by atoms with Gasteiger partial charge in [0, 0.05) is 72.3 Å². The van der Waals surface area contributed by atoms with E-state index in [1.54, 1.807) is 76.2 Å². The predicted molar refractivity (Wildman–Crippen MR) is 441 cm³/mol. The van der Waals surface area contributed by atoms with Gasteiger partial charge in [-0.1, -0.05) is 166 Å². The molecule has 0 aliphatic carbocycles. The molecule has 0 aliphatic heterocycles. The molecule has 0 amide bonds. The summed E-state index contributed by atoms with van der Waals surface area (Å²) in [5, 5.41) is 0. The van der Waals surface area contributed by atoms with E-state index in [2.05, 4.69) is 55.4 Å². The second-order valence-electron chi connectivity index (χ2n) is 38.8. The van der Waals surface area contributed by atoms with Gasteiger partial charge in [0.1, 0.15) is 29.1 Å². The van der Waals surface area contributed by atoms with Crippen molar-refractivity contribution in [2.75, 3.05) is 0 Å². The lowest BCUT2D eigenvalue weighted by Crippen LogP contribution is -2.19. The molecular formula is C97H123F23. The Kier molecular flexibility index (Phi) is 36.5. The molecule has 8 rings (SSSR count). The average Bonchev–Trinajstić information content (AvgIpc) is 0.830. The fourth-order valence-electron chi connectivity index (χ4n) is 14.6. The second-order valence-corrected chi connectivity index (χ2v) is 38.8. The smallest absolute Gasteiger partial charge is 0.165 e. The Morgan fingerprint density at radius 2 is 0.183 bits per heavy atom. The van der Waals surface area contributed by atoms with Crippen LogP contribution in [0.5, 0.6) is 0 Å². The van der Waals surface area contributed by atoms with Gasteiger partial charge in [0.15, 0.2) is 105 Å². The SMILES string of the molecule is Cc1c(C)c(C)c(C(C)(C)C)c(C)c1C.Cc1c(F)c(C)c(C(C)(C)C)c(C)c1F.Cc1c(F)c(C)c(C(C)(C)C)c(F)c1F.Cc1c(F)c(C)c(C(C)(C)C)c(F)c1F.Cc1c(F)c(C)c(C(C)(C)C)c(F)c1F.Cc1c(F)c(F)c(C(C)(C)C)c(F)c1F.Cc1c(F)c(F)c(C(C)(C)C)c(F)c1F.Cc1c(F)c(F)c(C(C)(C)C)c(F)c1F. The molecule has 0 fully saturated rings. The Bertz CT molecular complexity index is 3920. The first-order valence-corrected chi connectivity index (χ1v) is 38.8. The number of rotatable bonds is 0. The lowest BCUT2D eigenvalue weighted by molar-refractivity contribution is 0.398. The minimum absolute atomic E-state index is 0.114. The predicted octanol–water partition coefficient (Wildman–Crippen LogP) is 32.3. The molecule has 0 spiro atoms. The molecule has 0 bridgehead atoms. The van der Waals surface area contributed by atoms with Crippen molar-refractivity contribution in [1.29, 1.82) is 0 Å². The van der Waals surface area contributed by atoms with Crippen molar-refractivity contribution < 1.29 is 101 Å². The van der Waals surface area contributed by atoms with Crippen LogP contribution in [-0.2, 0) is 43.3 Å². The van der Waals surface area contributed by atoms with Crippen molar-refractivity contribution in [3.05, 3.63) is 273 Å². The molecule has 8 aromatic rings. The Morgan fingerprint density at radius 3 is 0.317 bits per heavy atom. The van der Waals surface area contributed by atoms with Crippen LogP contribution in [-0.4, -0.2) is 0 Å². The summed E-state index contributed by atoms with van der Waals surface area (Å²) in [7, 11) is 0. The summed E-state index contributed by atoms with van der Waals surface area (Å²) in [6.07, 6.45) is 0. The highest BCUT2D eigenvalue weighted by molar-refractivity contribution is 5.52. The van der Waals surface area contributed by atoms with E-state index in [-0.39, 0.29) is 66.5 Å². The van der Waals surface area contributed by atoms with Gasteiger partial charge < -0.3 is 0 Å². The van der Waals surface area contributed by atoms with E-state index in [0.717, 1.165) is 26.3 Å². The third kappa shape index (κ3) is 24.3. The zero-order valence-electron chi connectivity index (χ0n) is 77.7. The Balaban J connectivity index is 0.000000686. The molecule has 23 heteroatoms. The minimum atomic E-state index is -1.32. The highest BCUT2D eigenvalue weighted by Crippen LogP contribution is 2.42. The molecule has 0 saturated carbocycles. The molecule has 672 valence electrons. The number of benzene rings is 8. The highest BCUT2D eigenvalue weighted by atomic mass is 19.2. The topological polar surface area (TPSA) is 0 Å². The standard InChI is InChI=1S/C15H24.C13H18F2.3C12H15F3.3C11H12F4/c1-9-10(2)12(4)14(15(6,7)8)13(5)11(9)3;1-7-10(13(4,5)6)8(2)12(15)9(3)11(7)14;3*1-6-8(12(3,4)5)11(15)10(14)7(2)9(6)13;3*1-5-7(12)9(14)6(11(2,3)4)10(15)8(5)13/h1-8H3;1-6H3;3*1-5H3;3*1-4H3. The van der Waals surface area contributed by atoms with E-state index < -0.39 is 200 Å². The molecule has 0 N–H and O–H groups in total. The van der Waals surface area contributed by atoms with E-state index in [9.17, 15) is 101 Å². The van der Waals surface area contributed by atoms with Gasteiger partial charge in [-0.3, -0.25) is 0 Å². The number of hydrogen-bond acceptors (Lipinski definition) is 0. The van der Waals surface area contributed by atoms with Crippen LogP contribution in [0.2, 0.25) is 0 Å². The minimum Gasteiger partial charge on any atom is -0.206 e. The molecule has 0 heterocycles. The van der Waals surface area contributed by atoms with E-state index in [1.165, 1.54) is 144 Å². The molecule has 8 aromatic carbocycles. The van der Waals surface area contributed by atoms with Crippen molar-refractivity contribution in [1.82, 2.24) is 0 Å². The van der Waals surface area contributed by atoms with Gasteiger partial charge in [-0.2, -0.15) is 0 Å². The zero-order chi connectivity index (χ0) is 95.7. The zero-order valence-corrected chi connectivity index (χ0v) is 77.7. The quantitative estimate of drug-likeness (QED) is 0.105. The van der Waals surface area contributed by atoms with Crippen LogP contribution in [0.15, 0.2) is 0 Å². The van der Waals surface area contributed by atoms with Crippen molar-refractivity contribution >= 4 is 0 Å². The van der Waals surface area contributed by atoms with Crippen LogP contribution in [0, 0.1) is 251 Å². The van der Waals surface area contributed by atoms with Crippen LogP contribution in [0.1, 0.15) is 305 Å². The van der Waals surface area contributed by atoms with Gasteiger partial charge in [0.2, 0.25) is 0 Å². The van der Waals surface area contributed by atoms with Crippen LogP contribution in [0.25, 0.3) is 0 Å². The van der Waals surface area contributed by atoms with E-state index in [4.69, 9.17) is 0 Å². The molecule has 0 atom stereocenters. The first-order chi connectivity index (χ1) is 53.4. The number of halogens is 23. The van der Waals surface area contributed by atoms with Crippen LogP contribution in [0.4, 0.5) is 101 Å². The largest absolute Gasteiger partial charge is 0.206 e. The van der Waals surface area contributed by atoms with Gasteiger partial charge >= 0.3 is 0 Å². The van der Waals surface area contributed by atoms with Crippen molar-refractivity contribution in [3.63, 3.8) is 0 Å². The monoisotopic (exact) mass is 1720 g/mol. The molecular weight excluding hydrogens is 1600 g/mol. The summed E-state index contributed by atoms with van der Waals surface area (Å²) in [5.74, 6) is -24.6. The molecule has 120 heavy (non-hydrogen) atoms. The summed E-state index contributed by atoms with van der Waals surface area (Å²) >= 11 is 0. The fraction of sp³-hybridized carbons (Fsp3) is 0.505. The van der Waals surface area contributed by atoms with Gasteiger partial charge in [0.05, 0.1) is 0 Å². The van der Waals surface area contributed by atoms with Gasteiger partial charge in [-0.05, 0) is 228 Å². The molecule has 0 saturated heterocycles. The average molecular weight is 1730 g/mol. The van der Waals surface area contributed by atoms with Gasteiger partial charge in [0.25, 0.3) is 0 Å². The van der Waals surface area contributed by atoms with Crippen molar-refractivity contribution in [3.8, 4) is 0 Å². The highest BCUT2D eigenvalue weighted by Gasteiger charge is 2.36. The normalized spacial score (nSPS) is 12.0. The maximum atomic E-state index is 13.7. The summed E-state index contributed by atoms with van der Waals surface area (Å²) in [6, 6.07) is 0. The third-order valence-corrected chi connectivity index (χ3v) is 20.8. The molecule has 0 nitrogen and oxygen atoms in total. The Labute approximate surface area is 698 Å². The van der Waals surface area contributed by atoms with Crippen LogP contribution in [0.3, 0.4) is 0 Å². The van der Waals surface area contributed by atoms with Gasteiger partial charge in [-0.25, -0.2) is 101 Å². The van der Waals surface area contributed by atoms with Gasteiger partial charge in [-0.15, -0.1) is 0 Å². The summed E-state index contributed by atoms with van der Waals surface area (Å²) in [5.41, 5.74) is 2.77.